The first-order valence-electron chi connectivity index (χ1n) is 5.61. The lowest BCUT2D eigenvalue weighted by Gasteiger charge is -2.33. The topological polar surface area (TPSA) is 21.3 Å². The Hall–Kier alpha value is 0.790. The van der Waals surface area contributed by atoms with Gasteiger partial charge in [0.1, 0.15) is 6.10 Å². The zero-order valence-corrected chi connectivity index (χ0v) is 12.0. The quantitative estimate of drug-likeness (QED) is 0.609. The van der Waals surface area contributed by atoms with Gasteiger partial charge in [-0.25, -0.2) is 0 Å². The summed E-state index contributed by atoms with van der Waals surface area (Å²) in [6, 6.07) is 0. The Balaban J connectivity index is 2.55. The monoisotopic (exact) mass is 265 g/mol. The molecular formula is C10H20NOPS2. The lowest BCUT2D eigenvalue weighted by Crippen LogP contribution is -2.37. The van der Waals surface area contributed by atoms with E-state index in [1.807, 2.05) is 7.05 Å². The Labute approximate surface area is 104 Å². The molecule has 0 aliphatic heterocycles. The van der Waals surface area contributed by atoms with E-state index in [-0.39, 0.29) is 6.10 Å². The first kappa shape index (κ1) is 13.9. The van der Waals surface area contributed by atoms with Crippen LogP contribution in [-0.2, 0) is 28.6 Å². The highest BCUT2D eigenvalue weighted by Gasteiger charge is 2.31. The predicted molar refractivity (Wildman–Crippen MR) is 71.6 cm³/mol. The summed E-state index contributed by atoms with van der Waals surface area (Å²) >= 11 is 10.0. The van der Waals surface area contributed by atoms with E-state index in [2.05, 4.69) is 12.2 Å². The van der Waals surface area contributed by atoms with Crippen molar-refractivity contribution >= 4 is 30.2 Å². The molecule has 0 aromatic carbocycles. The van der Waals surface area contributed by atoms with Crippen LogP contribution in [0.3, 0.4) is 0 Å². The SMILES string of the molecule is CNCC(O[P+](=S)[S-])C1CCCCC1C. The van der Waals surface area contributed by atoms with Crippen molar-refractivity contribution in [3.63, 3.8) is 0 Å². The minimum atomic E-state index is -1.07. The Morgan fingerprint density at radius 1 is 1.53 bits per heavy atom. The number of hydrogen-bond acceptors (Lipinski definition) is 4. The summed E-state index contributed by atoms with van der Waals surface area (Å²) in [5, 5.41) is 3.18. The van der Waals surface area contributed by atoms with Crippen molar-refractivity contribution in [1.29, 1.82) is 0 Å². The molecule has 1 rings (SSSR count). The third-order valence-corrected chi connectivity index (χ3v) is 4.24. The molecule has 0 radical (unpaired) electrons. The van der Waals surface area contributed by atoms with E-state index in [0.717, 1.165) is 12.5 Å². The van der Waals surface area contributed by atoms with Gasteiger partial charge in [-0.05, 0) is 25.3 Å². The summed E-state index contributed by atoms with van der Waals surface area (Å²) in [4.78, 5) is 0. The molecule has 1 aliphatic rings. The molecule has 1 N–H and O–H groups in total. The minimum absolute atomic E-state index is 0.228. The molecule has 1 saturated carbocycles. The van der Waals surface area contributed by atoms with Crippen LogP contribution < -0.4 is 5.32 Å². The number of hydrogen-bond donors (Lipinski definition) is 1. The average molecular weight is 265 g/mol. The van der Waals surface area contributed by atoms with Crippen LogP contribution in [0, 0.1) is 11.8 Å². The summed E-state index contributed by atoms with van der Waals surface area (Å²) < 4.78 is 5.73. The van der Waals surface area contributed by atoms with Crippen molar-refractivity contribution in [3.05, 3.63) is 0 Å². The molecule has 0 spiro atoms. The van der Waals surface area contributed by atoms with Crippen molar-refractivity contribution in [2.45, 2.75) is 38.7 Å². The van der Waals surface area contributed by atoms with E-state index < -0.39 is 6.13 Å². The first-order chi connectivity index (χ1) is 7.15. The average Bonchev–Trinajstić information content (AvgIpc) is 2.17. The summed E-state index contributed by atoms with van der Waals surface area (Å²) in [7, 11) is 1.96. The zero-order valence-electron chi connectivity index (χ0n) is 9.44. The molecule has 1 aliphatic carbocycles. The van der Waals surface area contributed by atoms with Gasteiger partial charge in [0.05, 0.1) is 0 Å². The van der Waals surface area contributed by atoms with Gasteiger partial charge in [0, 0.05) is 6.54 Å². The summed E-state index contributed by atoms with van der Waals surface area (Å²) in [6.45, 7) is 3.20. The molecule has 0 aromatic heterocycles. The van der Waals surface area contributed by atoms with E-state index in [9.17, 15) is 0 Å². The van der Waals surface area contributed by atoms with Crippen LogP contribution in [0.1, 0.15) is 32.6 Å². The molecule has 0 saturated heterocycles. The molecular weight excluding hydrogens is 245 g/mol. The van der Waals surface area contributed by atoms with Crippen molar-refractivity contribution in [2.75, 3.05) is 13.6 Å². The van der Waals surface area contributed by atoms with Crippen molar-refractivity contribution in [2.24, 2.45) is 11.8 Å². The minimum Gasteiger partial charge on any atom is -0.441 e. The Morgan fingerprint density at radius 2 is 2.20 bits per heavy atom. The predicted octanol–water partition coefficient (Wildman–Crippen LogP) is 2.74. The fraction of sp³-hybridized carbons (Fsp3) is 1.00. The molecule has 1 fully saturated rings. The summed E-state index contributed by atoms with van der Waals surface area (Å²) in [6.07, 6.45) is 4.43. The maximum absolute atomic E-state index is 5.73. The van der Waals surface area contributed by atoms with E-state index in [0.29, 0.717) is 5.92 Å². The molecule has 2 nitrogen and oxygen atoms in total. The molecule has 0 aromatic rings. The summed E-state index contributed by atoms with van der Waals surface area (Å²) in [5.74, 6) is 1.39. The van der Waals surface area contributed by atoms with Gasteiger partial charge in [-0.15, -0.1) is 0 Å². The Kier molecular flexibility index (Phi) is 6.63. The summed E-state index contributed by atoms with van der Waals surface area (Å²) in [5.41, 5.74) is 0. The maximum atomic E-state index is 5.73. The van der Waals surface area contributed by atoms with Crippen LogP contribution in [0.15, 0.2) is 0 Å². The van der Waals surface area contributed by atoms with Crippen LogP contribution in [0.4, 0.5) is 0 Å². The second-order valence-electron chi connectivity index (χ2n) is 4.35. The third-order valence-electron chi connectivity index (χ3n) is 3.28. The lowest BCUT2D eigenvalue weighted by atomic mass is 9.77. The van der Waals surface area contributed by atoms with Gasteiger partial charge >= 0.3 is 0 Å². The molecule has 0 amide bonds. The van der Waals surface area contributed by atoms with Gasteiger partial charge in [-0.1, -0.05) is 26.2 Å². The molecule has 15 heavy (non-hydrogen) atoms. The van der Waals surface area contributed by atoms with E-state index >= 15 is 0 Å². The fourth-order valence-electron chi connectivity index (χ4n) is 2.48. The van der Waals surface area contributed by atoms with Gasteiger partial charge in [-0.3, -0.25) is 0 Å². The van der Waals surface area contributed by atoms with Gasteiger partial charge in [-0.2, -0.15) is 4.52 Å². The van der Waals surface area contributed by atoms with Crippen LogP contribution in [-0.4, -0.2) is 19.7 Å². The van der Waals surface area contributed by atoms with E-state index in [4.69, 9.17) is 28.6 Å². The van der Waals surface area contributed by atoms with Crippen LogP contribution in [0.2, 0.25) is 0 Å². The van der Waals surface area contributed by atoms with Crippen LogP contribution in [0.25, 0.3) is 0 Å². The molecule has 0 bridgehead atoms. The first-order valence-corrected chi connectivity index (χ1v) is 8.89. The van der Waals surface area contributed by atoms with Crippen LogP contribution >= 0.6 is 6.13 Å². The van der Waals surface area contributed by atoms with Gasteiger partial charge in [0.15, 0.2) is 11.8 Å². The highest BCUT2D eigenvalue weighted by Crippen LogP contribution is 2.36. The van der Waals surface area contributed by atoms with Gasteiger partial charge < -0.3 is 17.6 Å². The molecule has 88 valence electrons. The number of nitrogens with one attached hydrogen (secondary N) is 1. The fourth-order valence-corrected chi connectivity index (χ4v) is 3.59. The number of rotatable bonds is 5. The van der Waals surface area contributed by atoms with Crippen molar-refractivity contribution in [1.82, 2.24) is 5.32 Å². The standard InChI is InChI=1S/C10H20NOPS2/c1-8-5-3-4-6-9(8)10(7-11-2)12-13(14)15/h8-11H,3-7H2,1-2H3. The van der Waals surface area contributed by atoms with Crippen molar-refractivity contribution in [3.8, 4) is 0 Å². The van der Waals surface area contributed by atoms with E-state index in [1.165, 1.54) is 25.7 Å². The lowest BCUT2D eigenvalue weighted by molar-refractivity contribution is 0.0892. The molecule has 0 heterocycles. The molecule has 4 atom stereocenters. The highest BCUT2D eigenvalue weighted by molar-refractivity contribution is 8.45. The largest absolute Gasteiger partial charge is 0.441 e. The normalized spacial score (nSPS) is 29.9. The Morgan fingerprint density at radius 3 is 2.73 bits per heavy atom. The van der Waals surface area contributed by atoms with Crippen molar-refractivity contribution < 1.29 is 4.52 Å². The van der Waals surface area contributed by atoms with Crippen LogP contribution in [0.5, 0.6) is 0 Å². The van der Waals surface area contributed by atoms with E-state index in [1.54, 1.807) is 0 Å². The smallest absolute Gasteiger partial charge is 0.201 e. The zero-order chi connectivity index (χ0) is 11.3. The number of likely N-dealkylation sites (N-methyl/N-ethyl adjacent to an activating group) is 1. The molecule has 5 heteroatoms. The maximum Gasteiger partial charge on any atom is 0.201 e. The van der Waals surface area contributed by atoms with Gasteiger partial charge in [0.25, 0.3) is 0 Å². The third kappa shape index (κ3) is 4.66. The second kappa shape index (κ2) is 7.18. The molecule has 4 unspecified atom stereocenters. The Bertz CT molecular complexity index is 216. The second-order valence-corrected chi connectivity index (χ2v) is 7.69. The highest BCUT2D eigenvalue weighted by atomic mass is 32.9. The van der Waals surface area contributed by atoms with Gasteiger partial charge in [0.2, 0.25) is 6.13 Å².